The minimum Gasteiger partial charge on any atom is -0.495 e. The number of benzene rings is 1. The largest absolute Gasteiger partial charge is 0.495 e. The molecule has 0 saturated carbocycles. The van der Waals surface area contributed by atoms with E-state index >= 15 is 0 Å². The lowest BCUT2D eigenvalue weighted by Gasteiger charge is -2.26. The third kappa shape index (κ3) is 4.39. The molecule has 2 atom stereocenters. The summed E-state index contributed by atoms with van der Waals surface area (Å²) in [4.78, 5) is 28.5. The molecule has 27 heavy (non-hydrogen) atoms. The first-order chi connectivity index (χ1) is 12.7. The first kappa shape index (κ1) is 20.0. The average molecular weight is 433 g/mol. The molecule has 2 saturated heterocycles. The number of rotatable bonds is 5. The van der Waals surface area contributed by atoms with Crippen LogP contribution in [0.25, 0.3) is 0 Å². The normalized spacial score (nSPS) is 24.8. The minimum atomic E-state index is -3.20. The molecule has 0 radical (unpaired) electrons. The maximum Gasteiger partial charge on any atom is 0.303 e. The zero-order chi connectivity index (χ0) is 19.8. The number of nitrogens with zero attached hydrogens (tertiary/aromatic N) is 2. The summed E-state index contributed by atoms with van der Waals surface area (Å²) >= 11 is 7.31. The number of amides is 1. The van der Waals surface area contributed by atoms with Crippen LogP contribution in [-0.4, -0.2) is 60.5 Å². The summed E-state index contributed by atoms with van der Waals surface area (Å²) in [5, 5.41) is 9.21. The lowest BCUT2D eigenvalue weighted by Crippen LogP contribution is -2.38. The molecule has 2 heterocycles. The van der Waals surface area contributed by atoms with E-state index in [1.54, 1.807) is 23.1 Å². The topological polar surface area (TPSA) is 113 Å². The smallest absolute Gasteiger partial charge is 0.303 e. The van der Waals surface area contributed by atoms with Gasteiger partial charge >= 0.3 is 5.97 Å². The second-order valence-electron chi connectivity index (χ2n) is 6.17. The summed E-state index contributed by atoms with van der Waals surface area (Å²) in [5.74, 6) is -1.27. The Hall–Kier alpha value is -1.78. The molecule has 2 aliphatic heterocycles. The van der Waals surface area contributed by atoms with Crippen LogP contribution in [0.15, 0.2) is 23.2 Å². The highest BCUT2D eigenvalue weighted by Gasteiger charge is 2.50. The maximum absolute atomic E-state index is 12.1. The molecule has 0 bridgehead atoms. The molecule has 11 heteroatoms. The van der Waals surface area contributed by atoms with E-state index in [4.69, 9.17) is 21.4 Å². The second kappa shape index (κ2) is 7.69. The van der Waals surface area contributed by atoms with E-state index < -0.39 is 27.8 Å². The minimum absolute atomic E-state index is 0.00987. The summed E-state index contributed by atoms with van der Waals surface area (Å²) in [6.07, 6.45) is -0.546. The average Bonchev–Trinajstić information content (AvgIpc) is 3.03. The van der Waals surface area contributed by atoms with Crippen LogP contribution in [0.4, 0.5) is 5.69 Å². The predicted octanol–water partition coefficient (Wildman–Crippen LogP) is 1.81. The summed E-state index contributed by atoms with van der Waals surface area (Å²) < 4.78 is 29.5. The van der Waals surface area contributed by atoms with Gasteiger partial charge in [-0.3, -0.25) is 9.59 Å². The zero-order valence-electron chi connectivity index (χ0n) is 14.3. The van der Waals surface area contributed by atoms with Gasteiger partial charge in [0.25, 0.3) is 0 Å². The molecular weight excluding hydrogens is 416 g/mol. The van der Waals surface area contributed by atoms with Gasteiger partial charge in [-0.15, -0.1) is 0 Å². The van der Waals surface area contributed by atoms with Crippen LogP contribution in [0.1, 0.15) is 12.8 Å². The molecule has 0 aromatic heterocycles. The van der Waals surface area contributed by atoms with Crippen LogP contribution >= 0.6 is 23.4 Å². The van der Waals surface area contributed by atoms with Crippen LogP contribution in [0.3, 0.4) is 0 Å². The number of aliphatic carboxylic acids is 1. The number of thioether (sulfide) groups is 1. The van der Waals surface area contributed by atoms with E-state index in [9.17, 15) is 18.0 Å². The van der Waals surface area contributed by atoms with Gasteiger partial charge in [0.05, 0.1) is 36.8 Å². The number of carboxylic acid groups (broad SMARTS) is 1. The van der Waals surface area contributed by atoms with Gasteiger partial charge in [-0.05, 0) is 18.2 Å². The Balaban J connectivity index is 2.00. The van der Waals surface area contributed by atoms with E-state index in [1.807, 2.05) is 0 Å². The number of hydrogen-bond acceptors (Lipinski definition) is 6. The molecule has 0 spiro atoms. The highest BCUT2D eigenvalue weighted by Crippen LogP contribution is 2.44. The van der Waals surface area contributed by atoms with Crippen molar-refractivity contribution in [1.82, 2.24) is 0 Å². The molecule has 1 aromatic carbocycles. The standard InChI is InChI=1S/C16H17ClN2O6S2/c1-25-12-3-2-9(17)6-10(12)19-11-7-27(23,24)8-13(11)26-16(19)18-14(20)4-5-15(21)22/h2-3,6,11,13H,4-5,7-8H2,1H3,(H,21,22)/t11-,13+/m1/s1. The van der Waals surface area contributed by atoms with Crippen molar-refractivity contribution in [3.63, 3.8) is 0 Å². The number of anilines is 1. The third-order valence-corrected chi connectivity index (χ3v) is 7.68. The highest BCUT2D eigenvalue weighted by atomic mass is 35.5. The fourth-order valence-electron chi connectivity index (χ4n) is 3.07. The molecule has 8 nitrogen and oxygen atoms in total. The lowest BCUT2D eigenvalue weighted by atomic mass is 10.2. The Morgan fingerprint density at radius 1 is 1.37 bits per heavy atom. The molecular formula is C16H17ClN2O6S2. The predicted molar refractivity (Wildman–Crippen MR) is 104 cm³/mol. The summed E-state index contributed by atoms with van der Waals surface area (Å²) in [5.41, 5.74) is 0.520. The van der Waals surface area contributed by atoms with E-state index in [2.05, 4.69) is 4.99 Å². The van der Waals surface area contributed by atoms with Crippen molar-refractivity contribution < 1.29 is 27.9 Å². The van der Waals surface area contributed by atoms with Crippen molar-refractivity contribution >= 4 is 55.9 Å². The molecule has 1 N–H and O–H groups in total. The number of aliphatic imine (C=N–C) groups is 1. The number of fused-ring (bicyclic) bond motifs is 1. The molecule has 0 aliphatic carbocycles. The fourth-order valence-corrected chi connectivity index (χ4v) is 7.16. The molecule has 2 aliphatic rings. The zero-order valence-corrected chi connectivity index (χ0v) is 16.7. The number of amidine groups is 1. The summed E-state index contributed by atoms with van der Waals surface area (Å²) in [6, 6.07) is 4.53. The quantitative estimate of drug-likeness (QED) is 0.749. The van der Waals surface area contributed by atoms with Crippen LogP contribution in [0.5, 0.6) is 5.75 Å². The monoisotopic (exact) mass is 432 g/mol. The lowest BCUT2D eigenvalue weighted by molar-refractivity contribution is -0.138. The molecule has 1 amide bonds. The Kier molecular flexibility index (Phi) is 5.68. The first-order valence-corrected chi connectivity index (χ1v) is 11.1. The van der Waals surface area contributed by atoms with E-state index in [0.717, 1.165) is 0 Å². The van der Waals surface area contributed by atoms with Gasteiger partial charge in [0.2, 0.25) is 5.91 Å². The number of sulfone groups is 1. The van der Waals surface area contributed by atoms with E-state index in [1.165, 1.54) is 18.9 Å². The SMILES string of the molecule is COc1ccc(Cl)cc1N1C(=NC(=O)CCC(=O)O)S[C@H]2CS(=O)(=O)C[C@H]21. The van der Waals surface area contributed by atoms with Crippen LogP contribution in [-0.2, 0) is 19.4 Å². The van der Waals surface area contributed by atoms with E-state index in [0.29, 0.717) is 21.6 Å². The Bertz CT molecular complexity index is 917. The van der Waals surface area contributed by atoms with Crippen LogP contribution in [0, 0.1) is 0 Å². The fraction of sp³-hybridized carbons (Fsp3) is 0.438. The van der Waals surface area contributed by atoms with Crippen molar-refractivity contribution in [3.05, 3.63) is 23.2 Å². The number of methoxy groups -OCH3 is 1. The van der Waals surface area contributed by atoms with Crippen molar-refractivity contribution in [2.45, 2.75) is 24.1 Å². The molecule has 2 fully saturated rings. The number of halogens is 1. The molecule has 1 aromatic rings. The molecule has 0 unspecified atom stereocenters. The van der Waals surface area contributed by atoms with Crippen molar-refractivity contribution in [2.24, 2.45) is 4.99 Å². The maximum atomic E-state index is 12.1. The Labute approximate surface area is 165 Å². The first-order valence-electron chi connectivity index (χ1n) is 8.03. The summed E-state index contributed by atoms with van der Waals surface area (Å²) in [7, 11) is -1.72. The molecule has 3 rings (SSSR count). The molecule has 146 valence electrons. The third-order valence-electron chi connectivity index (χ3n) is 4.24. The van der Waals surface area contributed by atoms with Gasteiger partial charge in [0.1, 0.15) is 5.75 Å². The van der Waals surface area contributed by atoms with Gasteiger partial charge in [0.15, 0.2) is 15.0 Å². The number of carboxylic acids is 1. The van der Waals surface area contributed by atoms with Gasteiger partial charge < -0.3 is 14.7 Å². The van der Waals surface area contributed by atoms with Crippen LogP contribution in [0.2, 0.25) is 5.02 Å². The number of hydrogen-bond donors (Lipinski definition) is 1. The van der Waals surface area contributed by atoms with Crippen molar-refractivity contribution in [3.8, 4) is 5.75 Å². The summed E-state index contributed by atoms with van der Waals surface area (Å²) in [6.45, 7) is 0. The van der Waals surface area contributed by atoms with Gasteiger partial charge in [-0.25, -0.2) is 8.42 Å². The second-order valence-corrected chi connectivity index (χ2v) is 9.97. The van der Waals surface area contributed by atoms with Gasteiger partial charge in [0, 0.05) is 16.7 Å². The number of carbonyl (C=O) groups is 2. The van der Waals surface area contributed by atoms with Crippen molar-refractivity contribution in [2.75, 3.05) is 23.5 Å². The highest BCUT2D eigenvalue weighted by molar-refractivity contribution is 8.16. The Morgan fingerprint density at radius 2 is 2.11 bits per heavy atom. The number of ether oxygens (including phenoxy) is 1. The van der Waals surface area contributed by atoms with Gasteiger partial charge in [-0.1, -0.05) is 23.4 Å². The Morgan fingerprint density at radius 3 is 2.78 bits per heavy atom. The number of carbonyl (C=O) groups excluding carboxylic acids is 1. The van der Waals surface area contributed by atoms with Crippen LogP contribution < -0.4 is 9.64 Å². The van der Waals surface area contributed by atoms with Crippen molar-refractivity contribution in [1.29, 1.82) is 0 Å². The van der Waals surface area contributed by atoms with Gasteiger partial charge in [-0.2, -0.15) is 4.99 Å². The van der Waals surface area contributed by atoms with E-state index in [-0.39, 0.29) is 29.6 Å².